The summed E-state index contributed by atoms with van der Waals surface area (Å²) in [5.41, 5.74) is 1.45. The number of nitrogens with zero attached hydrogens (tertiary/aromatic N) is 2. The van der Waals surface area contributed by atoms with Crippen molar-refractivity contribution < 1.29 is 27.5 Å². The fourth-order valence-corrected chi connectivity index (χ4v) is 7.46. The van der Waals surface area contributed by atoms with Crippen LogP contribution in [0.3, 0.4) is 0 Å². The van der Waals surface area contributed by atoms with Gasteiger partial charge in [-0.25, -0.2) is 13.2 Å². The van der Waals surface area contributed by atoms with Gasteiger partial charge in [-0.1, -0.05) is 6.92 Å². The van der Waals surface area contributed by atoms with Crippen molar-refractivity contribution in [2.75, 3.05) is 39.1 Å². The molecule has 0 spiro atoms. The predicted molar refractivity (Wildman–Crippen MR) is 136 cm³/mol. The zero-order valence-electron chi connectivity index (χ0n) is 20.5. The zero-order valence-corrected chi connectivity index (χ0v) is 22.1. The Balaban J connectivity index is 1.55. The van der Waals surface area contributed by atoms with E-state index < -0.39 is 22.0 Å². The molecule has 36 heavy (non-hydrogen) atoms. The maximum absolute atomic E-state index is 13.0. The highest BCUT2D eigenvalue weighted by Crippen LogP contribution is 2.37. The lowest BCUT2D eigenvalue weighted by atomic mass is 10.0. The second-order valence-electron chi connectivity index (χ2n) is 9.02. The van der Waals surface area contributed by atoms with E-state index in [1.54, 1.807) is 4.90 Å². The lowest BCUT2D eigenvalue weighted by Crippen LogP contribution is -2.39. The van der Waals surface area contributed by atoms with Crippen molar-refractivity contribution in [3.63, 3.8) is 0 Å². The van der Waals surface area contributed by atoms with E-state index in [-0.39, 0.29) is 22.9 Å². The van der Waals surface area contributed by atoms with Crippen LogP contribution in [0.2, 0.25) is 0 Å². The minimum Gasteiger partial charge on any atom is -0.453 e. The summed E-state index contributed by atoms with van der Waals surface area (Å²) in [4.78, 5) is 40.1. The predicted octanol–water partition coefficient (Wildman–Crippen LogP) is 2.91. The van der Waals surface area contributed by atoms with Gasteiger partial charge in [0.15, 0.2) is 0 Å². The van der Waals surface area contributed by atoms with Gasteiger partial charge in [0.05, 0.1) is 24.1 Å². The highest BCUT2D eigenvalue weighted by molar-refractivity contribution is 7.89. The van der Waals surface area contributed by atoms with Crippen LogP contribution in [0.4, 0.5) is 9.80 Å². The highest BCUT2D eigenvalue weighted by atomic mass is 32.2. The fraction of sp³-hybridized carbons (Fsp3) is 0.458. The van der Waals surface area contributed by atoms with Crippen molar-refractivity contribution in [1.29, 1.82) is 0 Å². The van der Waals surface area contributed by atoms with Gasteiger partial charge >= 0.3 is 6.09 Å². The number of sulfonamides is 1. The standard InChI is InChI=1S/C24H30N4O6S2/c1-15-5-4-11-28(13-15)36(32,33)17-8-6-16(7-9-17)21(29)26-23-20(22(30)25-2)18-10-12-27(24(31)34-3)14-19(18)35-23/h6-9,15H,4-5,10-14H2,1-3H3,(H,25,30)(H,26,29). The number of anilines is 1. The van der Waals surface area contributed by atoms with Gasteiger partial charge in [0, 0.05) is 37.1 Å². The Morgan fingerprint density at radius 3 is 2.47 bits per heavy atom. The van der Waals surface area contributed by atoms with Gasteiger partial charge < -0.3 is 20.3 Å². The molecule has 0 saturated carbocycles. The summed E-state index contributed by atoms with van der Waals surface area (Å²) in [6.07, 6.45) is 1.85. The molecule has 0 bridgehead atoms. The summed E-state index contributed by atoms with van der Waals surface area (Å²) >= 11 is 1.24. The van der Waals surface area contributed by atoms with Crippen LogP contribution in [-0.4, -0.2) is 69.3 Å². The molecule has 1 aromatic heterocycles. The number of carbonyl (C=O) groups excluding carboxylic acids is 3. The second-order valence-corrected chi connectivity index (χ2v) is 12.1. The molecule has 2 aliphatic heterocycles. The third kappa shape index (κ3) is 5.11. The Morgan fingerprint density at radius 2 is 1.83 bits per heavy atom. The number of methoxy groups -OCH3 is 1. The Morgan fingerprint density at radius 1 is 1.11 bits per heavy atom. The number of hydrogen-bond donors (Lipinski definition) is 2. The first-order valence-corrected chi connectivity index (χ1v) is 14.0. The number of benzene rings is 1. The SMILES string of the molecule is CNC(=O)c1c(NC(=O)c2ccc(S(=O)(=O)N3CCCC(C)C3)cc2)sc2c1CCN(C(=O)OC)C2. The van der Waals surface area contributed by atoms with Crippen molar-refractivity contribution in [2.45, 2.75) is 37.6 Å². The van der Waals surface area contributed by atoms with Crippen molar-refractivity contribution in [3.8, 4) is 0 Å². The maximum Gasteiger partial charge on any atom is 0.409 e. The molecule has 1 saturated heterocycles. The third-order valence-corrected chi connectivity index (χ3v) is 9.56. The van der Waals surface area contributed by atoms with Gasteiger partial charge in [-0.15, -0.1) is 11.3 Å². The van der Waals surface area contributed by atoms with Gasteiger partial charge in [0.25, 0.3) is 11.8 Å². The zero-order chi connectivity index (χ0) is 26.0. The van der Waals surface area contributed by atoms with Gasteiger partial charge in [0.2, 0.25) is 10.0 Å². The van der Waals surface area contributed by atoms with Crippen molar-refractivity contribution >= 4 is 44.3 Å². The van der Waals surface area contributed by atoms with Crippen LogP contribution < -0.4 is 10.6 Å². The van der Waals surface area contributed by atoms with Crippen LogP contribution in [0.1, 0.15) is 50.9 Å². The summed E-state index contributed by atoms with van der Waals surface area (Å²) in [5.74, 6) is -0.477. The highest BCUT2D eigenvalue weighted by Gasteiger charge is 2.31. The Kier molecular flexibility index (Phi) is 7.67. The largest absolute Gasteiger partial charge is 0.453 e. The van der Waals surface area contributed by atoms with Crippen molar-refractivity contribution in [2.24, 2.45) is 5.92 Å². The number of carbonyl (C=O) groups is 3. The average molecular weight is 535 g/mol. The first-order valence-electron chi connectivity index (χ1n) is 11.8. The molecule has 1 aromatic carbocycles. The van der Waals surface area contributed by atoms with Crippen LogP contribution in [0.5, 0.6) is 0 Å². The number of nitrogens with one attached hydrogen (secondary N) is 2. The lowest BCUT2D eigenvalue weighted by Gasteiger charge is -2.30. The molecular weight excluding hydrogens is 504 g/mol. The van der Waals surface area contributed by atoms with E-state index in [0.29, 0.717) is 42.5 Å². The van der Waals surface area contributed by atoms with Crippen LogP contribution in [0.25, 0.3) is 0 Å². The van der Waals surface area contributed by atoms with Gasteiger partial charge in [0.1, 0.15) is 5.00 Å². The Hall–Kier alpha value is -2.96. The van der Waals surface area contributed by atoms with E-state index in [1.165, 1.54) is 54.1 Å². The quantitative estimate of drug-likeness (QED) is 0.608. The van der Waals surface area contributed by atoms with Crippen LogP contribution in [0, 0.1) is 5.92 Å². The molecular formula is C24H30N4O6S2. The lowest BCUT2D eigenvalue weighted by molar-refractivity contribution is 0.0962. The summed E-state index contributed by atoms with van der Waals surface area (Å²) in [6.45, 7) is 3.71. The first kappa shape index (κ1) is 26.1. The summed E-state index contributed by atoms with van der Waals surface area (Å²) in [7, 11) is -0.791. The van der Waals surface area contributed by atoms with E-state index in [1.807, 2.05) is 6.92 Å². The van der Waals surface area contributed by atoms with E-state index in [9.17, 15) is 22.8 Å². The number of thiophene rings is 1. The first-order chi connectivity index (χ1) is 17.1. The molecule has 3 heterocycles. The number of rotatable bonds is 5. The molecule has 2 aliphatic rings. The average Bonchev–Trinajstić information content (AvgIpc) is 3.24. The maximum atomic E-state index is 13.0. The molecule has 10 nitrogen and oxygen atoms in total. The molecule has 3 amide bonds. The smallest absolute Gasteiger partial charge is 0.409 e. The Bertz CT molecular complexity index is 1270. The summed E-state index contributed by atoms with van der Waals surface area (Å²) in [6, 6.07) is 5.83. The molecule has 0 radical (unpaired) electrons. The van der Waals surface area contributed by atoms with Gasteiger partial charge in [-0.2, -0.15) is 4.31 Å². The summed E-state index contributed by atoms with van der Waals surface area (Å²) in [5, 5.41) is 5.81. The number of fused-ring (bicyclic) bond motifs is 1. The normalized spacial score (nSPS) is 18.3. The fourth-order valence-electron chi connectivity index (χ4n) is 4.61. The molecule has 194 valence electrons. The third-order valence-electron chi connectivity index (χ3n) is 6.54. The van der Waals surface area contributed by atoms with Crippen LogP contribution >= 0.6 is 11.3 Å². The number of ether oxygens (including phenoxy) is 1. The van der Waals surface area contributed by atoms with E-state index in [0.717, 1.165) is 23.3 Å². The minimum absolute atomic E-state index is 0.147. The monoisotopic (exact) mass is 534 g/mol. The van der Waals surface area contributed by atoms with Crippen LogP contribution in [-0.2, 0) is 27.7 Å². The molecule has 1 atom stereocenters. The molecule has 4 rings (SSSR count). The van der Waals surface area contributed by atoms with E-state index in [4.69, 9.17) is 4.74 Å². The molecule has 12 heteroatoms. The second kappa shape index (κ2) is 10.6. The van der Waals surface area contributed by atoms with Gasteiger partial charge in [-0.3, -0.25) is 9.59 Å². The number of hydrogen-bond acceptors (Lipinski definition) is 7. The van der Waals surface area contributed by atoms with Gasteiger partial charge in [-0.05, 0) is 55.0 Å². The summed E-state index contributed by atoms with van der Waals surface area (Å²) < 4.78 is 32.3. The van der Waals surface area contributed by atoms with Crippen molar-refractivity contribution in [3.05, 3.63) is 45.8 Å². The van der Waals surface area contributed by atoms with E-state index >= 15 is 0 Å². The molecule has 1 unspecified atom stereocenters. The topological polar surface area (TPSA) is 125 Å². The number of piperidine rings is 1. The molecule has 0 aliphatic carbocycles. The van der Waals surface area contributed by atoms with Crippen molar-refractivity contribution in [1.82, 2.24) is 14.5 Å². The Labute approximate surface area is 214 Å². The molecule has 1 fully saturated rings. The minimum atomic E-state index is -3.63. The molecule has 2 N–H and O–H groups in total. The van der Waals surface area contributed by atoms with E-state index in [2.05, 4.69) is 10.6 Å². The molecule has 2 aromatic rings. The van der Waals surface area contributed by atoms with Crippen LogP contribution in [0.15, 0.2) is 29.2 Å². The number of amides is 3.